The minimum absolute atomic E-state index is 1.16. The van der Waals surface area contributed by atoms with Gasteiger partial charge in [0.15, 0.2) is 0 Å². The first-order valence-corrected chi connectivity index (χ1v) is 11.6. The third-order valence-corrected chi connectivity index (χ3v) is 6.76. The summed E-state index contributed by atoms with van der Waals surface area (Å²) in [6.45, 7) is 0. The average Bonchev–Trinajstić information content (AvgIpc) is 3.51. The number of benzene rings is 5. The molecule has 0 aliphatic carbocycles. The molecule has 2 nitrogen and oxygen atoms in total. The Morgan fingerprint density at radius 3 is 1.82 bits per heavy atom. The number of rotatable bonds is 3. The second-order valence-corrected chi connectivity index (χ2v) is 8.78. The van der Waals surface area contributed by atoms with Crippen LogP contribution in [0.4, 0.5) is 0 Å². The van der Waals surface area contributed by atoms with Crippen LogP contribution in [0, 0.1) is 0 Å². The summed E-state index contributed by atoms with van der Waals surface area (Å²) in [5, 5.41) is 3.77. The monoisotopic (exact) mass is 434 g/mol. The summed E-state index contributed by atoms with van der Waals surface area (Å²) in [6.07, 6.45) is 2.19. The van der Waals surface area contributed by atoms with E-state index in [1.807, 2.05) is 0 Å². The van der Waals surface area contributed by atoms with Crippen LogP contribution < -0.4 is 0 Å². The summed E-state index contributed by atoms with van der Waals surface area (Å²) in [6, 6.07) is 43.3. The number of nitrogens with one attached hydrogen (secondary N) is 1. The highest BCUT2D eigenvalue weighted by molar-refractivity contribution is 6.16. The van der Waals surface area contributed by atoms with Crippen molar-refractivity contribution < 1.29 is 0 Å². The van der Waals surface area contributed by atoms with Gasteiger partial charge in [-0.05, 0) is 58.7 Å². The highest BCUT2D eigenvalue weighted by Gasteiger charge is 2.13. The second-order valence-electron chi connectivity index (χ2n) is 8.78. The topological polar surface area (TPSA) is 20.7 Å². The van der Waals surface area contributed by atoms with E-state index in [-0.39, 0.29) is 0 Å². The van der Waals surface area contributed by atoms with Gasteiger partial charge >= 0.3 is 0 Å². The Morgan fingerprint density at radius 2 is 1.12 bits per heavy atom. The van der Waals surface area contributed by atoms with Crippen LogP contribution in [0.5, 0.6) is 0 Å². The molecule has 0 fully saturated rings. The number of hydrogen-bond donors (Lipinski definition) is 1. The summed E-state index contributed by atoms with van der Waals surface area (Å²) in [5.41, 5.74) is 9.59. The van der Waals surface area contributed by atoms with Gasteiger partial charge in [-0.1, -0.05) is 84.9 Å². The van der Waals surface area contributed by atoms with Crippen molar-refractivity contribution in [1.82, 2.24) is 9.55 Å². The van der Waals surface area contributed by atoms with Crippen LogP contribution in [0.15, 0.2) is 128 Å². The quantitative estimate of drug-likeness (QED) is 0.287. The lowest BCUT2D eigenvalue weighted by atomic mass is 9.98. The number of H-pyrrole nitrogens is 1. The summed E-state index contributed by atoms with van der Waals surface area (Å²) in [7, 11) is 0. The van der Waals surface area contributed by atoms with Crippen molar-refractivity contribution in [2.45, 2.75) is 0 Å². The summed E-state index contributed by atoms with van der Waals surface area (Å²) < 4.78 is 2.30. The largest absolute Gasteiger partial charge is 0.354 e. The lowest BCUT2D eigenvalue weighted by Crippen LogP contribution is -1.94. The number of aromatic amines is 1. The van der Waals surface area contributed by atoms with Crippen LogP contribution in [-0.2, 0) is 0 Å². The third kappa shape index (κ3) is 2.96. The molecule has 160 valence electrons. The molecule has 0 radical (unpaired) electrons. The zero-order valence-electron chi connectivity index (χ0n) is 18.6. The highest BCUT2D eigenvalue weighted by Crippen LogP contribution is 2.35. The van der Waals surface area contributed by atoms with Crippen molar-refractivity contribution in [3.05, 3.63) is 128 Å². The average molecular weight is 435 g/mol. The molecule has 2 heterocycles. The Labute approximate surface area is 197 Å². The Bertz CT molecular complexity index is 1730. The fourth-order valence-corrected chi connectivity index (χ4v) is 5.11. The molecule has 0 saturated heterocycles. The Kier molecular flexibility index (Phi) is 4.18. The molecule has 0 spiro atoms. The second kappa shape index (κ2) is 7.50. The smallest absolute Gasteiger partial charge is 0.0560 e. The van der Waals surface area contributed by atoms with Crippen molar-refractivity contribution >= 4 is 32.7 Å². The molecule has 7 aromatic rings. The molecule has 0 unspecified atom stereocenters. The van der Waals surface area contributed by atoms with Gasteiger partial charge in [0.1, 0.15) is 0 Å². The van der Waals surface area contributed by atoms with E-state index in [1.165, 1.54) is 55.0 Å². The lowest BCUT2D eigenvalue weighted by molar-refractivity contribution is 1.13. The third-order valence-electron chi connectivity index (χ3n) is 6.76. The van der Waals surface area contributed by atoms with Gasteiger partial charge in [-0.15, -0.1) is 0 Å². The van der Waals surface area contributed by atoms with Crippen molar-refractivity contribution in [3.8, 4) is 27.9 Å². The van der Waals surface area contributed by atoms with E-state index >= 15 is 0 Å². The molecule has 0 amide bonds. The molecular weight excluding hydrogens is 412 g/mol. The van der Waals surface area contributed by atoms with Gasteiger partial charge in [-0.25, -0.2) is 0 Å². The first-order valence-electron chi connectivity index (χ1n) is 11.6. The zero-order valence-corrected chi connectivity index (χ0v) is 18.6. The molecule has 1 N–H and O–H groups in total. The predicted molar refractivity (Wildman–Crippen MR) is 144 cm³/mol. The van der Waals surface area contributed by atoms with Gasteiger partial charge in [0.2, 0.25) is 0 Å². The maximum atomic E-state index is 3.65. The standard InChI is InChI=1S/C32H22N2/c1-3-9-22(10-4-1)24-19-25(23-11-5-2-6-12-23)21-26(20-24)34-18-17-29-31(34)16-15-28-27-13-7-8-14-30(27)33-32(28)29/h1-21,33H. The minimum Gasteiger partial charge on any atom is -0.354 e. The minimum atomic E-state index is 1.16. The summed E-state index contributed by atoms with van der Waals surface area (Å²) >= 11 is 0. The molecule has 0 atom stereocenters. The molecular formula is C32H22N2. The fourth-order valence-electron chi connectivity index (χ4n) is 5.11. The van der Waals surface area contributed by atoms with Crippen LogP contribution >= 0.6 is 0 Å². The number of hydrogen-bond acceptors (Lipinski definition) is 0. The number of para-hydroxylation sites is 1. The molecule has 7 rings (SSSR count). The number of nitrogens with zero attached hydrogens (tertiary/aromatic N) is 1. The number of fused-ring (bicyclic) bond motifs is 5. The maximum Gasteiger partial charge on any atom is 0.0560 e. The van der Waals surface area contributed by atoms with Crippen LogP contribution in [0.2, 0.25) is 0 Å². The van der Waals surface area contributed by atoms with Gasteiger partial charge in [-0.2, -0.15) is 0 Å². The summed E-state index contributed by atoms with van der Waals surface area (Å²) in [5.74, 6) is 0. The molecule has 0 aliphatic rings. The molecule has 34 heavy (non-hydrogen) atoms. The Hall–Kier alpha value is -4.56. The van der Waals surface area contributed by atoms with Crippen molar-refractivity contribution in [2.75, 3.05) is 0 Å². The van der Waals surface area contributed by atoms with Crippen LogP contribution in [0.25, 0.3) is 60.6 Å². The van der Waals surface area contributed by atoms with Crippen LogP contribution in [0.3, 0.4) is 0 Å². The molecule has 5 aromatic carbocycles. The van der Waals surface area contributed by atoms with Gasteiger partial charge < -0.3 is 9.55 Å². The van der Waals surface area contributed by atoms with Gasteiger partial charge in [0.25, 0.3) is 0 Å². The van der Waals surface area contributed by atoms with Crippen molar-refractivity contribution in [1.29, 1.82) is 0 Å². The summed E-state index contributed by atoms with van der Waals surface area (Å²) in [4.78, 5) is 3.65. The highest BCUT2D eigenvalue weighted by atomic mass is 15.0. The van der Waals surface area contributed by atoms with Crippen molar-refractivity contribution in [3.63, 3.8) is 0 Å². The number of aromatic nitrogens is 2. The predicted octanol–water partition coefficient (Wildman–Crippen LogP) is 8.60. The van der Waals surface area contributed by atoms with Gasteiger partial charge in [0, 0.05) is 33.6 Å². The van der Waals surface area contributed by atoms with Gasteiger partial charge in [0.05, 0.1) is 11.0 Å². The van der Waals surface area contributed by atoms with Crippen molar-refractivity contribution in [2.24, 2.45) is 0 Å². The normalized spacial score (nSPS) is 11.5. The first-order chi connectivity index (χ1) is 16.8. The molecule has 0 bridgehead atoms. The molecule has 0 aliphatic heterocycles. The van der Waals surface area contributed by atoms with E-state index < -0.39 is 0 Å². The van der Waals surface area contributed by atoms with Crippen LogP contribution in [0.1, 0.15) is 0 Å². The SMILES string of the molecule is c1ccc(-c2cc(-c3ccccc3)cc(-n3ccc4c5[nH]c6ccccc6c5ccc43)c2)cc1. The van der Waals surface area contributed by atoms with Crippen LogP contribution in [-0.4, -0.2) is 9.55 Å². The fraction of sp³-hybridized carbons (Fsp3) is 0. The lowest BCUT2D eigenvalue weighted by Gasteiger charge is -2.13. The Balaban J connectivity index is 1.48. The zero-order chi connectivity index (χ0) is 22.5. The first kappa shape index (κ1) is 19.0. The van der Waals surface area contributed by atoms with E-state index in [0.29, 0.717) is 0 Å². The van der Waals surface area contributed by atoms with E-state index in [0.717, 1.165) is 5.69 Å². The molecule has 2 heteroatoms. The van der Waals surface area contributed by atoms with E-state index in [1.54, 1.807) is 0 Å². The van der Waals surface area contributed by atoms with E-state index in [9.17, 15) is 0 Å². The van der Waals surface area contributed by atoms with E-state index in [2.05, 4.69) is 137 Å². The van der Waals surface area contributed by atoms with Gasteiger partial charge in [-0.3, -0.25) is 0 Å². The maximum absolute atomic E-state index is 3.65. The van der Waals surface area contributed by atoms with E-state index in [4.69, 9.17) is 0 Å². The molecule has 0 saturated carbocycles. The molecule has 2 aromatic heterocycles. The Morgan fingerprint density at radius 1 is 0.471 bits per heavy atom.